The quantitative estimate of drug-likeness (QED) is 0.481. The van der Waals surface area contributed by atoms with Gasteiger partial charge in [-0.3, -0.25) is 0 Å². The van der Waals surface area contributed by atoms with Gasteiger partial charge in [0.25, 0.3) is 0 Å². The summed E-state index contributed by atoms with van der Waals surface area (Å²) < 4.78 is 6.08. The number of unbranched alkanes of at least 4 members (excludes halogenated alkanes) is 3. The van der Waals surface area contributed by atoms with Crippen LogP contribution in [-0.2, 0) is 6.42 Å². The van der Waals surface area contributed by atoms with Crippen molar-refractivity contribution in [2.75, 3.05) is 0 Å². The van der Waals surface area contributed by atoms with Gasteiger partial charge < -0.3 is 0 Å². The molecule has 3 heteroatoms. The molecule has 0 atom stereocenters. The number of rotatable bonds is 5. The lowest BCUT2D eigenvalue weighted by Gasteiger charge is -1.97. The Balaban J connectivity index is 1.84. The maximum absolute atomic E-state index is 2.38. The fourth-order valence-electron chi connectivity index (χ4n) is 2.22. The van der Waals surface area contributed by atoms with E-state index >= 15 is 0 Å². The number of fused-ring (bicyclic) bond motifs is 3. The van der Waals surface area contributed by atoms with Crippen molar-refractivity contribution >= 4 is 52.8 Å². The Bertz CT molecular complexity index is 612. The summed E-state index contributed by atoms with van der Waals surface area (Å²) in [5, 5.41) is 4.59. The van der Waals surface area contributed by atoms with Crippen molar-refractivity contribution in [1.82, 2.24) is 0 Å². The van der Waals surface area contributed by atoms with E-state index in [1.807, 2.05) is 34.0 Å². The molecule has 0 bridgehead atoms. The number of thiophene rings is 3. The Morgan fingerprint density at radius 2 is 1.94 bits per heavy atom. The van der Waals surface area contributed by atoms with E-state index in [0.29, 0.717) is 0 Å². The van der Waals surface area contributed by atoms with Crippen LogP contribution in [0.4, 0.5) is 0 Å². The van der Waals surface area contributed by atoms with Gasteiger partial charge in [-0.05, 0) is 35.2 Å². The molecule has 3 aromatic heterocycles. The molecule has 0 amide bonds. The van der Waals surface area contributed by atoms with Crippen LogP contribution in [0.15, 0.2) is 16.8 Å². The highest BCUT2D eigenvalue weighted by molar-refractivity contribution is 7.37. The van der Waals surface area contributed by atoms with Crippen molar-refractivity contribution in [3.05, 3.63) is 22.4 Å². The monoisotopic (exact) mass is 280 g/mol. The minimum Gasteiger partial charge on any atom is -0.141 e. The predicted octanol–water partition coefficient (Wildman–Crippen LogP) is 6.30. The maximum Gasteiger partial charge on any atom is 0.0632 e. The fourth-order valence-corrected chi connectivity index (χ4v) is 6.06. The van der Waals surface area contributed by atoms with Gasteiger partial charge in [0.2, 0.25) is 0 Å². The van der Waals surface area contributed by atoms with Crippen LogP contribution in [0.5, 0.6) is 0 Å². The first-order chi connectivity index (χ1) is 8.40. The molecule has 0 spiro atoms. The highest BCUT2D eigenvalue weighted by Gasteiger charge is 2.11. The third-order valence-electron chi connectivity index (χ3n) is 3.16. The first-order valence-electron chi connectivity index (χ1n) is 6.26. The smallest absolute Gasteiger partial charge is 0.0632 e. The van der Waals surface area contributed by atoms with E-state index in [9.17, 15) is 0 Å². The fraction of sp³-hybridized carbons (Fsp3) is 0.429. The number of hydrogen-bond donors (Lipinski definition) is 0. The van der Waals surface area contributed by atoms with Crippen molar-refractivity contribution in [3.63, 3.8) is 0 Å². The Labute approximate surface area is 114 Å². The molecule has 0 saturated heterocycles. The second-order valence-electron chi connectivity index (χ2n) is 4.45. The number of hydrogen-bond acceptors (Lipinski definition) is 3. The largest absolute Gasteiger partial charge is 0.141 e. The molecule has 0 N–H and O–H groups in total. The van der Waals surface area contributed by atoms with Crippen molar-refractivity contribution in [3.8, 4) is 0 Å². The van der Waals surface area contributed by atoms with Gasteiger partial charge in [0, 0.05) is 4.70 Å². The van der Waals surface area contributed by atoms with E-state index in [1.54, 1.807) is 10.3 Å². The van der Waals surface area contributed by atoms with E-state index in [0.717, 1.165) is 0 Å². The summed E-state index contributed by atoms with van der Waals surface area (Å²) >= 11 is 5.82. The molecule has 0 fully saturated rings. The molecule has 0 radical (unpaired) electrons. The summed E-state index contributed by atoms with van der Waals surface area (Å²) in [7, 11) is 0. The molecule has 0 aliphatic carbocycles. The molecule has 0 nitrogen and oxygen atoms in total. The van der Waals surface area contributed by atoms with Crippen LogP contribution < -0.4 is 0 Å². The molecule has 90 valence electrons. The molecule has 17 heavy (non-hydrogen) atoms. The van der Waals surface area contributed by atoms with E-state index < -0.39 is 0 Å². The van der Waals surface area contributed by atoms with E-state index in [2.05, 4.69) is 23.8 Å². The first-order valence-corrected chi connectivity index (χ1v) is 8.84. The van der Waals surface area contributed by atoms with E-state index in [1.165, 1.54) is 46.2 Å². The van der Waals surface area contributed by atoms with Gasteiger partial charge in [0.15, 0.2) is 0 Å². The average molecular weight is 280 g/mol. The molecule has 0 unspecified atom stereocenters. The van der Waals surface area contributed by atoms with Gasteiger partial charge >= 0.3 is 0 Å². The zero-order valence-electron chi connectivity index (χ0n) is 9.99. The second-order valence-corrected chi connectivity index (χ2v) is 7.29. The predicted molar refractivity (Wildman–Crippen MR) is 82.9 cm³/mol. The van der Waals surface area contributed by atoms with Crippen LogP contribution in [0, 0.1) is 0 Å². The molecule has 3 heterocycles. The summed E-state index contributed by atoms with van der Waals surface area (Å²) in [6, 6.07) is 2.26. The third kappa shape index (κ3) is 2.16. The van der Waals surface area contributed by atoms with Crippen molar-refractivity contribution < 1.29 is 0 Å². The Morgan fingerprint density at radius 3 is 2.82 bits per heavy atom. The minimum atomic E-state index is 1.27. The van der Waals surface area contributed by atoms with Crippen LogP contribution in [0.1, 0.15) is 38.2 Å². The Hall–Kier alpha value is -0.380. The second kappa shape index (κ2) is 5.09. The zero-order valence-corrected chi connectivity index (χ0v) is 12.4. The zero-order chi connectivity index (χ0) is 11.7. The third-order valence-corrected chi connectivity index (χ3v) is 6.76. The van der Waals surface area contributed by atoms with Crippen molar-refractivity contribution in [1.29, 1.82) is 0 Å². The van der Waals surface area contributed by atoms with Gasteiger partial charge in [-0.1, -0.05) is 26.2 Å². The molecule has 0 aliphatic heterocycles. The lowest BCUT2D eigenvalue weighted by atomic mass is 10.1. The average Bonchev–Trinajstić information content (AvgIpc) is 2.96. The van der Waals surface area contributed by atoms with Gasteiger partial charge in [-0.25, -0.2) is 0 Å². The minimum absolute atomic E-state index is 1.27. The van der Waals surface area contributed by atoms with Crippen molar-refractivity contribution in [2.45, 2.75) is 39.0 Å². The maximum atomic E-state index is 2.38. The molecule has 3 aromatic rings. The van der Waals surface area contributed by atoms with Gasteiger partial charge in [0.1, 0.15) is 0 Å². The van der Waals surface area contributed by atoms with Crippen LogP contribution in [0.2, 0.25) is 0 Å². The lowest BCUT2D eigenvalue weighted by molar-refractivity contribution is 0.669. The summed E-state index contributed by atoms with van der Waals surface area (Å²) in [5.41, 5.74) is 1.59. The van der Waals surface area contributed by atoms with E-state index in [-0.39, 0.29) is 0 Å². The standard InChI is InChI=1S/C14H16S3/c1-2-3-4-5-6-10-9-16-14-12(10)17-11-7-8-15-13(11)14/h7-9H,2-6H2,1H3. The lowest BCUT2D eigenvalue weighted by Crippen LogP contribution is -1.82. The molecule has 0 aliphatic rings. The summed E-state index contributed by atoms with van der Waals surface area (Å²) in [6.07, 6.45) is 6.72. The summed E-state index contributed by atoms with van der Waals surface area (Å²) in [5.74, 6) is 0. The summed E-state index contributed by atoms with van der Waals surface area (Å²) in [6.45, 7) is 2.27. The van der Waals surface area contributed by atoms with Crippen LogP contribution in [0.3, 0.4) is 0 Å². The van der Waals surface area contributed by atoms with E-state index in [4.69, 9.17) is 0 Å². The molecular formula is C14H16S3. The highest BCUT2D eigenvalue weighted by Crippen LogP contribution is 2.42. The first kappa shape index (κ1) is 11.7. The molecular weight excluding hydrogens is 264 g/mol. The number of aryl methyl sites for hydroxylation is 1. The topological polar surface area (TPSA) is 0 Å². The SMILES string of the molecule is CCCCCCc1csc2c1sc1ccsc12. The van der Waals surface area contributed by atoms with Crippen molar-refractivity contribution in [2.24, 2.45) is 0 Å². The molecule has 0 aromatic carbocycles. The Morgan fingerprint density at radius 1 is 1.00 bits per heavy atom. The van der Waals surface area contributed by atoms with Gasteiger partial charge in [-0.2, -0.15) is 0 Å². The highest BCUT2D eigenvalue weighted by atomic mass is 32.1. The normalized spacial score (nSPS) is 11.8. The van der Waals surface area contributed by atoms with Crippen LogP contribution >= 0.6 is 34.0 Å². The molecule has 3 rings (SSSR count). The molecule has 0 saturated carbocycles. The Kier molecular flexibility index (Phi) is 3.50. The van der Waals surface area contributed by atoms with Crippen LogP contribution in [0.25, 0.3) is 18.8 Å². The van der Waals surface area contributed by atoms with Gasteiger partial charge in [0.05, 0.1) is 14.1 Å². The van der Waals surface area contributed by atoms with Crippen LogP contribution in [-0.4, -0.2) is 0 Å². The van der Waals surface area contributed by atoms with Gasteiger partial charge in [-0.15, -0.1) is 34.0 Å². The summed E-state index contributed by atoms with van der Waals surface area (Å²) in [4.78, 5) is 0.